The predicted molar refractivity (Wildman–Crippen MR) is 60.5 cm³/mol. The highest BCUT2D eigenvalue weighted by molar-refractivity contribution is 5.91. The smallest absolute Gasteiger partial charge is 0.142 e. The minimum Gasteiger partial charge on any atom is -0.299 e. The summed E-state index contributed by atoms with van der Waals surface area (Å²) in [4.78, 5) is 12.5. The lowest BCUT2D eigenvalue weighted by Crippen LogP contribution is -2.42. The average molecular weight is 206 g/mol. The van der Waals surface area contributed by atoms with Crippen LogP contribution in [-0.2, 0) is 4.79 Å². The molecule has 0 aromatic rings. The molecule has 0 N–H and O–H groups in total. The van der Waals surface area contributed by atoms with Crippen molar-refractivity contribution in [2.45, 2.75) is 52.4 Å². The molecule has 0 saturated heterocycles. The van der Waals surface area contributed by atoms with Crippen molar-refractivity contribution in [3.8, 4) is 0 Å². The van der Waals surface area contributed by atoms with Gasteiger partial charge in [-0.1, -0.05) is 20.3 Å². The van der Waals surface area contributed by atoms with E-state index >= 15 is 0 Å². The molecule has 3 aliphatic rings. The number of hydrogen-bond acceptors (Lipinski definition) is 1. The van der Waals surface area contributed by atoms with Crippen LogP contribution in [0.5, 0.6) is 0 Å². The highest BCUT2D eigenvalue weighted by Gasteiger charge is 2.64. The van der Waals surface area contributed by atoms with Crippen molar-refractivity contribution in [1.29, 1.82) is 0 Å². The quantitative estimate of drug-likeness (QED) is 0.676. The Labute approximate surface area is 92.6 Å². The molecule has 4 unspecified atom stereocenters. The second kappa shape index (κ2) is 3.09. The number of ketones is 1. The Morgan fingerprint density at radius 3 is 2.53 bits per heavy atom. The summed E-state index contributed by atoms with van der Waals surface area (Å²) in [6, 6.07) is 0. The lowest BCUT2D eigenvalue weighted by Gasteiger charge is -2.40. The van der Waals surface area contributed by atoms with Crippen LogP contribution in [0.2, 0.25) is 0 Å². The molecule has 3 rings (SSSR count). The number of carbonyl (C=O) groups is 1. The van der Waals surface area contributed by atoms with Gasteiger partial charge in [0.05, 0.1) is 0 Å². The molecular formula is C14H22O. The predicted octanol–water partition coefficient (Wildman–Crippen LogP) is 3.43. The van der Waals surface area contributed by atoms with E-state index < -0.39 is 0 Å². The molecule has 0 spiro atoms. The maximum Gasteiger partial charge on any atom is 0.142 e. The monoisotopic (exact) mass is 206 g/mol. The first-order valence-corrected chi connectivity index (χ1v) is 6.79. The Hall–Kier alpha value is -0.330. The van der Waals surface area contributed by atoms with Gasteiger partial charge in [0.25, 0.3) is 0 Å². The lowest BCUT2D eigenvalue weighted by atomic mass is 9.62. The maximum atomic E-state index is 12.5. The summed E-state index contributed by atoms with van der Waals surface area (Å²) >= 11 is 0. The minimum atomic E-state index is 0.107. The Kier molecular flexibility index (Phi) is 2.03. The first-order chi connectivity index (χ1) is 7.24. The van der Waals surface area contributed by atoms with E-state index in [1.54, 1.807) is 0 Å². The molecule has 3 saturated carbocycles. The van der Waals surface area contributed by atoms with Crippen LogP contribution in [-0.4, -0.2) is 5.78 Å². The van der Waals surface area contributed by atoms with Crippen LogP contribution in [0.15, 0.2) is 0 Å². The molecule has 0 aromatic carbocycles. The van der Waals surface area contributed by atoms with E-state index in [2.05, 4.69) is 13.8 Å². The van der Waals surface area contributed by atoms with Crippen LogP contribution in [0.4, 0.5) is 0 Å². The Morgan fingerprint density at radius 2 is 1.87 bits per heavy atom. The maximum absolute atomic E-state index is 12.5. The highest BCUT2D eigenvalue weighted by atomic mass is 16.1. The van der Waals surface area contributed by atoms with Crippen molar-refractivity contribution < 1.29 is 4.79 Å². The average Bonchev–Trinajstić information content (AvgIpc) is 2.87. The van der Waals surface area contributed by atoms with E-state index in [0.717, 1.165) is 30.6 Å². The fourth-order valence-corrected chi connectivity index (χ4v) is 5.25. The van der Waals surface area contributed by atoms with Crippen LogP contribution in [0.25, 0.3) is 0 Å². The van der Waals surface area contributed by atoms with Gasteiger partial charge in [0, 0.05) is 11.3 Å². The summed E-state index contributed by atoms with van der Waals surface area (Å²) in [6.45, 7) is 4.46. The molecule has 0 heterocycles. The molecular weight excluding hydrogens is 184 g/mol. The van der Waals surface area contributed by atoms with Crippen molar-refractivity contribution in [3.63, 3.8) is 0 Å². The zero-order valence-corrected chi connectivity index (χ0v) is 9.96. The van der Waals surface area contributed by atoms with Crippen LogP contribution in [0.3, 0.4) is 0 Å². The van der Waals surface area contributed by atoms with Gasteiger partial charge >= 0.3 is 0 Å². The number of carbonyl (C=O) groups excluding carboxylic acids is 1. The first kappa shape index (κ1) is 9.86. The molecule has 1 heteroatoms. The number of Topliss-reactive ketones (excluding diaryl/α,β-unsaturated/α-hetero) is 1. The molecule has 2 bridgehead atoms. The number of rotatable bonds is 2. The van der Waals surface area contributed by atoms with Crippen LogP contribution >= 0.6 is 0 Å². The Bertz CT molecular complexity index is 290. The number of hydrogen-bond donors (Lipinski definition) is 0. The largest absolute Gasteiger partial charge is 0.299 e. The SMILES string of the molecule is CCC1(CC)C(=O)C2CC1C1CCCC21. The normalized spacial score (nSPS) is 46.1. The first-order valence-electron chi connectivity index (χ1n) is 6.79. The molecule has 0 radical (unpaired) electrons. The van der Waals surface area contributed by atoms with E-state index in [1.165, 1.54) is 25.7 Å². The molecule has 0 aromatic heterocycles. The molecule has 3 aliphatic carbocycles. The van der Waals surface area contributed by atoms with Gasteiger partial charge in [-0.05, 0) is 49.9 Å². The van der Waals surface area contributed by atoms with Crippen LogP contribution in [0, 0.1) is 29.1 Å². The Morgan fingerprint density at radius 1 is 1.20 bits per heavy atom. The van der Waals surface area contributed by atoms with Crippen molar-refractivity contribution in [1.82, 2.24) is 0 Å². The van der Waals surface area contributed by atoms with Crippen molar-refractivity contribution in [2.24, 2.45) is 29.1 Å². The standard InChI is InChI=1S/C14H22O/c1-3-14(4-2)12-8-11(13(14)15)9-6-5-7-10(9)12/h9-12H,3-8H2,1-2H3. The third-order valence-corrected chi connectivity index (χ3v) is 5.97. The topological polar surface area (TPSA) is 17.1 Å². The second-order valence-electron chi connectivity index (χ2n) is 5.93. The fraction of sp³-hybridized carbons (Fsp3) is 0.929. The van der Waals surface area contributed by atoms with Crippen molar-refractivity contribution >= 4 is 5.78 Å². The Balaban J connectivity index is 1.99. The number of fused-ring (bicyclic) bond motifs is 5. The molecule has 0 amide bonds. The summed E-state index contributed by atoms with van der Waals surface area (Å²) in [5.41, 5.74) is 0.107. The molecule has 15 heavy (non-hydrogen) atoms. The molecule has 3 fully saturated rings. The zero-order chi connectivity index (χ0) is 10.6. The van der Waals surface area contributed by atoms with Crippen LogP contribution in [0.1, 0.15) is 52.4 Å². The van der Waals surface area contributed by atoms with Gasteiger partial charge in [-0.2, -0.15) is 0 Å². The molecule has 0 aliphatic heterocycles. The summed E-state index contributed by atoms with van der Waals surface area (Å²) < 4.78 is 0. The summed E-state index contributed by atoms with van der Waals surface area (Å²) in [5.74, 6) is 3.61. The third kappa shape index (κ3) is 0.976. The van der Waals surface area contributed by atoms with Gasteiger partial charge in [0.15, 0.2) is 0 Å². The van der Waals surface area contributed by atoms with E-state index in [0.29, 0.717) is 11.7 Å². The van der Waals surface area contributed by atoms with Gasteiger partial charge in [-0.25, -0.2) is 0 Å². The van der Waals surface area contributed by atoms with Gasteiger partial charge in [-0.15, -0.1) is 0 Å². The van der Waals surface area contributed by atoms with E-state index in [-0.39, 0.29) is 5.41 Å². The van der Waals surface area contributed by atoms with E-state index in [4.69, 9.17) is 0 Å². The second-order valence-corrected chi connectivity index (χ2v) is 5.93. The van der Waals surface area contributed by atoms with Crippen molar-refractivity contribution in [3.05, 3.63) is 0 Å². The minimum absolute atomic E-state index is 0.107. The summed E-state index contributed by atoms with van der Waals surface area (Å²) in [6.07, 6.45) is 7.58. The van der Waals surface area contributed by atoms with Crippen molar-refractivity contribution in [2.75, 3.05) is 0 Å². The molecule has 84 valence electrons. The fourth-order valence-electron chi connectivity index (χ4n) is 5.25. The summed E-state index contributed by atoms with van der Waals surface area (Å²) in [5, 5.41) is 0. The van der Waals surface area contributed by atoms with E-state index in [1.807, 2.05) is 0 Å². The molecule has 1 nitrogen and oxygen atoms in total. The van der Waals surface area contributed by atoms with Gasteiger partial charge in [0.1, 0.15) is 5.78 Å². The van der Waals surface area contributed by atoms with Crippen LogP contribution < -0.4 is 0 Å². The van der Waals surface area contributed by atoms with Gasteiger partial charge in [0.2, 0.25) is 0 Å². The highest BCUT2D eigenvalue weighted by Crippen LogP contribution is 2.65. The van der Waals surface area contributed by atoms with Gasteiger partial charge in [-0.3, -0.25) is 4.79 Å². The third-order valence-electron chi connectivity index (χ3n) is 5.97. The van der Waals surface area contributed by atoms with E-state index in [9.17, 15) is 4.79 Å². The zero-order valence-electron chi connectivity index (χ0n) is 9.96. The molecule has 4 atom stereocenters. The lowest BCUT2D eigenvalue weighted by molar-refractivity contribution is -0.136. The summed E-state index contributed by atoms with van der Waals surface area (Å²) in [7, 11) is 0. The van der Waals surface area contributed by atoms with Gasteiger partial charge < -0.3 is 0 Å².